The molecule has 0 aromatic rings. The van der Waals surface area contributed by atoms with Gasteiger partial charge in [0.25, 0.3) is 0 Å². The predicted molar refractivity (Wildman–Crippen MR) is 39.8 cm³/mol. The maximum atomic E-state index is 9.74. The van der Waals surface area contributed by atoms with Crippen LogP contribution in [-0.2, 0) is 4.74 Å². The van der Waals surface area contributed by atoms with E-state index in [1.165, 1.54) is 0 Å². The second kappa shape index (κ2) is 2.89. The molecule has 0 spiro atoms. The number of hydrogen-bond acceptors (Lipinski definition) is 2. The van der Waals surface area contributed by atoms with E-state index < -0.39 is 5.60 Å². The zero-order chi connectivity index (χ0) is 7.61. The molecule has 0 aromatic carbocycles. The first-order valence-electron chi connectivity index (χ1n) is 3.88. The van der Waals surface area contributed by atoms with Gasteiger partial charge in [0.2, 0.25) is 0 Å². The summed E-state index contributed by atoms with van der Waals surface area (Å²) in [6, 6.07) is 0. The summed E-state index contributed by atoms with van der Waals surface area (Å²) in [6.07, 6.45) is 2.95. The molecule has 0 heterocycles. The van der Waals surface area contributed by atoms with Crippen molar-refractivity contribution in [2.24, 2.45) is 5.92 Å². The van der Waals surface area contributed by atoms with Crippen molar-refractivity contribution in [1.29, 1.82) is 0 Å². The molecule has 1 rings (SSSR count). The third-order valence-electron chi connectivity index (χ3n) is 2.24. The molecule has 1 fully saturated rings. The van der Waals surface area contributed by atoms with Gasteiger partial charge in [0.1, 0.15) is 0 Å². The molecule has 1 unspecified atom stereocenters. The van der Waals surface area contributed by atoms with Crippen LogP contribution in [0.1, 0.15) is 26.2 Å². The van der Waals surface area contributed by atoms with Crippen molar-refractivity contribution >= 4 is 0 Å². The van der Waals surface area contributed by atoms with E-state index in [4.69, 9.17) is 4.74 Å². The lowest BCUT2D eigenvalue weighted by atomic mass is 10.0. The maximum Gasteiger partial charge on any atom is 0.0882 e. The summed E-state index contributed by atoms with van der Waals surface area (Å²) in [4.78, 5) is 0. The Morgan fingerprint density at radius 2 is 2.40 bits per heavy atom. The minimum atomic E-state index is -0.506. The van der Waals surface area contributed by atoms with Crippen molar-refractivity contribution in [2.75, 3.05) is 13.7 Å². The van der Waals surface area contributed by atoms with Crippen LogP contribution in [0.3, 0.4) is 0 Å². The molecule has 0 radical (unpaired) electrons. The highest BCUT2D eigenvalue weighted by molar-refractivity contribution is 4.87. The molecular weight excluding hydrogens is 128 g/mol. The van der Waals surface area contributed by atoms with Crippen LogP contribution in [0.4, 0.5) is 0 Å². The van der Waals surface area contributed by atoms with Gasteiger partial charge in [-0.1, -0.05) is 6.92 Å². The summed E-state index contributed by atoms with van der Waals surface area (Å²) >= 11 is 0. The molecule has 2 nitrogen and oxygen atoms in total. The van der Waals surface area contributed by atoms with Crippen LogP contribution >= 0.6 is 0 Å². The van der Waals surface area contributed by atoms with Gasteiger partial charge >= 0.3 is 0 Å². The van der Waals surface area contributed by atoms with Crippen LogP contribution in [0.15, 0.2) is 0 Å². The van der Waals surface area contributed by atoms with Crippen LogP contribution in [-0.4, -0.2) is 24.4 Å². The third-order valence-corrected chi connectivity index (χ3v) is 2.24. The van der Waals surface area contributed by atoms with Crippen molar-refractivity contribution in [3.63, 3.8) is 0 Å². The lowest BCUT2D eigenvalue weighted by molar-refractivity contribution is -0.0277. The first-order chi connectivity index (χ1) is 4.66. The van der Waals surface area contributed by atoms with E-state index in [-0.39, 0.29) is 0 Å². The highest BCUT2D eigenvalue weighted by atomic mass is 16.5. The fourth-order valence-electron chi connectivity index (χ4n) is 1.77. The van der Waals surface area contributed by atoms with Crippen molar-refractivity contribution in [3.05, 3.63) is 0 Å². The van der Waals surface area contributed by atoms with Gasteiger partial charge in [-0.05, 0) is 25.2 Å². The first-order valence-corrected chi connectivity index (χ1v) is 3.88. The van der Waals surface area contributed by atoms with Crippen molar-refractivity contribution in [3.8, 4) is 0 Å². The van der Waals surface area contributed by atoms with Gasteiger partial charge in [-0.25, -0.2) is 0 Å². The SMILES string of the molecule is COCC1(O)CC[C@H](C)C1. The van der Waals surface area contributed by atoms with Crippen molar-refractivity contribution in [1.82, 2.24) is 0 Å². The summed E-state index contributed by atoms with van der Waals surface area (Å²) < 4.78 is 4.93. The van der Waals surface area contributed by atoms with E-state index in [0.717, 1.165) is 19.3 Å². The van der Waals surface area contributed by atoms with E-state index >= 15 is 0 Å². The highest BCUT2D eigenvalue weighted by Gasteiger charge is 2.34. The normalized spacial score (nSPS) is 40.5. The number of rotatable bonds is 2. The molecule has 10 heavy (non-hydrogen) atoms. The molecule has 0 amide bonds. The van der Waals surface area contributed by atoms with E-state index in [2.05, 4.69) is 6.92 Å². The van der Waals surface area contributed by atoms with E-state index in [1.54, 1.807) is 7.11 Å². The Hall–Kier alpha value is -0.0800. The summed E-state index contributed by atoms with van der Waals surface area (Å²) in [7, 11) is 1.64. The van der Waals surface area contributed by atoms with Crippen LogP contribution in [0.25, 0.3) is 0 Å². The molecule has 0 saturated heterocycles. The van der Waals surface area contributed by atoms with Gasteiger partial charge in [-0.2, -0.15) is 0 Å². The summed E-state index contributed by atoms with van der Waals surface area (Å²) in [5.74, 6) is 0.667. The average molecular weight is 144 g/mol. The second-order valence-electron chi connectivity index (χ2n) is 3.51. The minimum absolute atomic E-state index is 0.497. The van der Waals surface area contributed by atoms with Gasteiger partial charge in [0.15, 0.2) is 0 Å². The van der Waals surface area contributed by atoms with Gasteiger partial charge in [-0.3, -0.25) is 0 Å². The van der Waals surface area contributed by atoms with E-state index in [0.29, 0.717) is 12.5 Å². The molecule has 60 valence electrons. The molecular formula is C8H16O2. The van der Waals surface area contributed by atoms with Crippen LogP contribution < -0.4 is 0 Å². The number of aliphatic hydroxyl groups is 1. The first kappa shape index (κ1) is 8.02. The van der Waals surface area contributed by atoms with Crippen LogP contribution in [0.2, 0.25) is 0 Å². The third kappa shape index (κ3) is 1.70. The Kier molecular flexibility index (Phi) is 2.32. The molecule has 0 aromatic heterocycles. The number of hydrogen-bond donors (Lipinski definition) is 1. The Bertz CT molecular complexity index is 110. The van der Waals surface area contributed by atoms with Gasteiger partial charge in [0, 0.05) is 7.11 Å². The Morgan fingerprint density at radius 1 is 1.70 bits per heavy atom. The largest absolute Gasteiger partial charge is 0.387 e. The lowest BCUT2D eigenvalue weighted by Crippen LogP contribution is -2.30. The monoisotopic (exact) mass is 144 g/mol. The van der Waals surface area contributed by atoms with Gasteiger partial charge in [-0.15, -0.1) is 0 Å². The fraction of sp³-hybridized carbons (Fsp3) is 1.00. The molecule has 0 bridgehead atoms. The van der Waals surface area contributed by atoms with Gasteiger partial charge < -0.3 is 9.84 Å². The molecule has 1 N–H and O–H groups in total. The summed E-state index contributed by atoms with van der Waals surface area (Å²) in [5.41, 5.74) is -0.506. The predicted octanol–water partition coefficient (Wildman–Crippen LogP) is 1.18. The quantitative estimate of drug-likeness (QED) is 0.630. The molecule has 1 saturated carbocycles. The topological polar surface area (TPSA) is 29.5 Å². The molecule has 1 aliphatic carbocycles. The van der Waals surface area contributed by atoms with E-state index in [1.807, 2.05) is 0 Å². The average Bonchev–Trinajstić information content (AvgIpc) is 2.12. The fourth-order valence-corrected chi connectivity index (χ4v) is 1.77. The Balaban J connectivity index is 2.38. The van der Waals surface area contributed by atoms with Crippen LogP contribution in [0, 0.1) is 5.92 Å². The van der Waals surface area contributed by atoms with Crippen molar-refractivity contribution in [2.45, 2.75) is 31.8 Å². The number of methoxy groups -OCH3 is 1. The molecule has 2 heteroatoms. The van der Waals surface area contributed by atoms with E-state index in [9.17, 15) is 5.11 Å². The summed E-state index contributed by atoms with van der Waals surface area (Å²) in [5, 5.41) is 9.74. The minimum Gasteiger partial charge on any atom is -0.387 e. The zero-order valence-corrected chi connectivity index (χ0v) is 6.76. The maximum absolute atomic E-state index is 9.74. The lowest BCUT2D eigenvalue weighted by Gasteiger charge is -2.20. The molecule has 2 atom stereocenters. The van der Waals surface area contributed by atoms with Crippen molar-refractivity contribution < 1.29 is 9.84 Å². The molecule has 0 aliphatic heterocycles. The smallest absolute Gasteiger partial charge is 0.0882 e. The second-order valence-corrected chi connectivity index (χ2v) is 3.51. The number of ether oxygens (including phenoxy) is 1. The zero-order valence-electron chi connectivity index (χ0n) is 6.76. The summed E-state index contributed by atoms with van der Waals surface area (Å²) in [6.45, 7) is 2.67. The molecule has 1 aliphatic rings. The van der Waals surface area contributed by atoms with Gasteiger partial charge in [0.05, 0.1) is 12.2 Å². The highest BCUT2D eigenvalue weighted by Crippen LogP contribution is 2.33. The Labute approximate surface area is 62.2 Å². The Morgan fingerprint density at radius 3 is 2.80 bits per heavy atom. The van der Waals surface area contributed by atoms with Crippen LogP contribution in [0.5, 0.6) is 0 Å². The standard InChI is InChI=1S/C8H16O2/c1-7-3-4-8(9,5-7)6-10-2/h7,9H,3-6H2,1-2H3/t7-,8?/m0/s1.